The maximum Gasteiger partial charge on any atom is 0.125 e. The van der Waals surface area contributed by atoms with Crippen LogP contribution in [-0.4, -0.2) is 37.2 Å². The van der Waals surface area contributed by atoms with E-state index in [2.05, 4.69) is 18.9 Å². The third kappa shape index (κ3) is 2.09. The van der Waals surface area contributed by atoms with Crippen molar-refractivity contribution in [3.8, 4) is 11.5 Å². The largest absolute Gasteiger partial charge is 0.497 e. The molecule has 3 unspecified atom stereocenters. The van der Waals surface area contributed by atoms with Crippen molar-refractivity contribution in [1.29, 1.82) is 0 Å². The van der Waals surface area contributed by atoms with Gasteiger partial charge in [-0.25, -0.2) is 0 Å². The van der Waals surface area contributed by atoms with Crippen LogP contribution in [0.3, 0.4) is 0 Å². The molecule has 2 aliphatic rings. The van der Waals surface area contributed by atoms with Gasteiger partial charge in [0.2, 0.25) is 0 Å². The second-order valence-electron chi connectivity index (χ2n) is 5.97. The number of hydrogen-bond acceptors (Lipinski definition) is 4. The van der Waals surface area contributed by atoms with Crippen LogP contribution in [-0.2, 0) is 0 Å². The molecule has 4 nitrogen and oxygen atoms in total. The van der Waals surface area contributed by atoms with Gasteiger partial charge in [-0.15, -0.1) is 0 Å². The minimum absolute atomic E-state index is 0.0255. The molecule has 1 aromatic rings. The fourth-order valence-electron chi connectivity index (χ4n) is 3.41. The summed E-state index contributed by atoms with van der Waals surface area (Å²) < 4.78 is 11.6. The van der Waals surface area contributed by atoms with E-state index >= 15 is 0 Å². The van der Waals surface area contributed by atoms with Crippen LogP contribution >= 0.6 is 0 Å². The summed E-state index contributed by atoms with van der Waals surface area (Å²) in [4.78, 5) is 2.35. The highest BCUT2D eigenvalue weighted by atomic mass is 16.5. The summed E-state index contributed by atoms with van der Waals surface area (Å²) in [6.07, 6.45) is 1.92. The maximum absolute atomic E-state index is 6.36. The Morgan fingerprint density at radius 2 is 2.21 bits per heavy atom. The molecule has 3 rings (SSSR count). The quantitative estimate of drug-likeness (QED) is 0.840. The molecule has 1 fully saturated rings. The van der Waals surface area contributed by atoms with E-state index in [0.29, 0.717) is 6.04 Å². The number of methoxy groups -OCH3 is 1. The minimum atomic E-state index is -0.116. The lowest BCUT2D eigenvalue weighted by Crippen LogP contribution is -2.44. The van der Waals surface area contributed by atoms with Crippen LogP contribution in [0.1, 0.15) is 31.4 Å². The number of likely N-dealkylation sites (tertiary alicyclic amines) is 1. The molecule has 4 heteroatoms. The van der Waals surface area contributed by atoms with E-state index < -0.39 is 0 Å². The highest BCUT2D eigenvalue weighted by molar-refractivity contribution is 5.44. The van der Waals surface area contributed by atoms with Crippen LogP contribution in [0.25, 0.3) is 0 Å². The predicted octanol–water partition coefficient (Wildman–Crippen LogP) is 1.94. The van der Waals surface area contributed by atoms with Crippen molar-refractivity contribution < 1.29 is 9.47 Å². The van der Waals surface area contributed by atoms with Crippen LogP contribution in [0, 0.1) is 0 Å². The molecule has 3 atom stereocenters. The molecule has 0 aliphatic carbocycles. The number of rotatable bonds is 1. The Bertz CT molecular complexity index is 479. The van der Waals surface area contributed by atoms with Crippen molar-refractivity contribution >= 4 is 0 Å². The average molecular weight is 262 g/mol. The first-order valence-corrected chi connectivity index (χ1v) is 6.86. The fraction of sp³-hybridized carbons (Fsp3) is 0.600. The Hall–Kier alpha value is -1.26. The van der Waals surface area contributed by atoms with Gasteiger partial charge in [0.05, 0.1) is 7.11 Å². The molecule has 1 saturated heterocycles. The average Bonchev–Trinajstić information content (AvgIpc) is 2.63. The van der Waals surface area contributed by atoms with E-state index in [4.69, 9.17) is 15.2 Å². The zero-order chi connectivity index (χ0) is 13.6. The first-order valence-electron chi connectivity index (χ1n) is 6.86. The van der Waals surface area contributed by atoms with E-state index in [1.165, 1.54) is 0 Å². The summed E-state index contributed by atoms with van der Waals surface area (Å²) in [6, 6.07) is 6.49. The van der Waals surface area contributed by atoms with Crippen molar-refractivity contribution in [3.63, 3.8) is 0 Å². The number of benzene rings is 1. The first kappa shape index (κ1) is 12.8. The SMILES string of the molecule is COc1ccc2c(c1)C(N)CC1(CC(C)N(C)C1)O2. The predicted molar refractivity (Wildman–Crippen MR) is 74.6 cm³/mol. The van der Waals surface area contributed by atoms with Gasteiger partial charge in [-0.2, -0.15) is 0 Å². The number of fused-ring (bicyclic) bond motifs is 1. The number of likely N-dealkylation sites (N-methyl/N-ethyl adjacent to an activating group) is 1. The summed E-state index contributed by atoms with van der Waals surface area (Å²) in [5, 5.41) is 0. The monoisotopic (exact) mass is 262 g/mol. The van der Waals surface area contributed by atoms with Gasteiger partial charge in [0, 0.05) is 37.0 Å². The van der Waals surface area contributed by atoms with Crippen LogP contribution < -0.4 is 15.2 Å². The van der Waals surface area contributed by atoms with Gasteiger partial charge in [0.15, 0.2) is 0 Å². The highest BCUT2D eigenvalue weighted by Crippen LogP contribution is 2.44. The van der Waals surface area contributed by atoms with E-state index in [0.717, 1.165) is 36.4 Å². The lowest BCUT2D eigenvalue weighted by atomic mass is 9.86. The third-order valence-electron chi connectivity index (χ3n) is 4.49. The summed E-state index contributed by atoms with van der Waals surface area (Å²) >= 11 is 0. The Labute approximate surface area is 114 Å². The van der Waals surface area contributed by atoms with Gasteiger partial charge in [-0.1, -0.05) is 0 Å². The van der Waals surface area contributed by atoms with Crippen molar-refractivity contribution in [2.24, 2.45) is 5.73 Å². The van der Waals surface area contributed by atoms with E-state index in [1.807, 2.05) is 18.2 Å². The first-order chi connectivity index (χ1) is 9.03. The molecule has 0 radical (unpaired) electrons. The molecule has 19 heavy (non-hydrogen) atoms. The molecular weight excluding hydrogens is 240 g/mol. The topological polar surface area (TPSA) is 47.7 Å². The van der Waals surface area contributed by atoms with Gasteiger partial charge in [-0.05, 0) is 32.2 Å². The van der Waals surface area contributed by atoms with Crippen LogP contribution in [0.15, 0.2) is 18.2 Å². The summed E-state index contributed by atoms with van der Waals surface area (Å²) in [5.74, 6) is 1.76. The molecule has 0 aromatic heterocycles. The van der Waals surface area contributed by atoms with Crippen molar-refractivity contribution in [3.05, 3.63) is 23.8 Å². The second kappa shape index (κ2) is 4.39. The zero-order valence-electron chi connectivity index (χ0n) is 11.8. The number of nitrogens with zero attached hydrogens (tertiary/aromatic N) is 1. The van der Waals surface area contributed by atoms with Gasteiger partial charge in [0.1, 0.15) is 17.1 Å². The number of hydrogen-bond donors (Lipinski definition) is 1. The van der Waals surface area contributed by atoms with Crippen molar-refractivity contribution in [1.82, 2.24) is 4.90 Å². The number of ether oxygens (including phenoxy) is 2. The van der Waals surface area contributed by atoms with E-state index in [9.17, 15) is 0 Å². The van der Waals surface area contributed by atoms with Gasteiger partial charge >= 0.3 is 0 Å². The molecule has 0 bridgehead atoms. The van der Waals surface area contributed by atoms with Gasteiger partial charge < -0.3 is 15.2 Å². The molecule has 1 aromatic carbocycles. The van der Waals surface area contributed by atoms with Crippen molar-refractivity contribution in [2.75, 3.05) is 20.7 Å². The van der Waals surface area contributed by atoms with Crippen molar-refractivity contribution in [2.45, 2.75) is 37.5 Å². The lowest BCUT2D eigenvalue weighted by molar-refractivity contribution is 0.0462. The van der Waals surface area contributed by atoms with Crippen LogP contribution in [0.4, 0.5) is 0 Å². The standard InChI is InChI=1S/C15H22N2O2/c1-10-7-15(9-17(10)2)8-13(16)12-6-11(18-3)4-5-14(12)19-15/h4-6,10,13H,7-9,16H2,1-3H3. The molecule has 104 valence electrons. The fourth-order valence-corrected chi connectivity index (χ4v) is 3.41. The zero-order valence-corrected chi connectivity index (χ0v) is 11.8. The molecule has 2 aliphatic heterocycles. The highest BCUT2D eigenvalue weighted by Gasteiger charge is 2.47. The van der Waals surface area contributed by atoms with Gasteiger partial charge in [0.25, 0.3) is 0 Å². The summed E-state index contributed by atoms with van der Waals surface area (Å²) in [7, 11) is 3.82. The normalized spacial score (nSPS) is 34.1. The van der Waals surface area contributed by atoms with Crippen LogP contribution in [0.5, 0.6) is 11.5 Å². The Kier molecular flexibility index (Phi) is 2.95. The number of nitrogens with two attached hydrogens (primary N) is 1. The van der Waals surface area contributed by atoms with E-state index in [-0.39, 0.29) is 11.6 Å². The maximum atomic E-state index is 6.36. The summed E-state index contributed by atoms with van der Waals surface area (Å²) in [5.41, 5.74) is 7.31. The Morgan fingerprint density at radius 1 is 1.42 bits per heavy atom. The smallest absolute Gasteiger partial charge is 0.125 e. The third-order valence-corrected chi connectivity index (χ3v) is 4.49. The molecule has 1 spiro atoms. The molecule has 0 saturated carbocycles. The molecule has 0 amide bonds. The minimum Gasteiger partial charge on any atom is -0.497 e. The molecule has 2 N–H and O–H groups in total. The Morgan fingerprint density at radius 3 is 2.84 bits per heavy atom. The summed E-state index contributed by atoms with van der Waals surface area (Å²) in [6.45, 7) is 3.19. The lowest BCUT2D eigenvalue weighted by Gasteiger charge is -2.38. The van der Waals surface area contributed by atoms with Gasteiger partial charge in [-0.3, -0.25) is 4.90 Å². The molecule has 2 heterocycles. The second-order valence-corrected chi connectivity index (χ2v) is 5.97. The van der Waals surface area contributed by atoms with Crippen LogP contribution in [0.2, 0.25) is 0 Å². The van der Waals surface area contributed by atoms with E-state index in [1.54, 1.807) is 7.11 Å². The molecular formula is C15H22N2O2. The Balaban J connectivity index is 1.92.